The predicted molar refractivity (Wildman–Crippen MR) is 87.3 cm³/mol. The zero-order chi connectivity index (χ0) is 14.4. The monoisotopic (exact) mass is 274 g/mol. The summed E-state index contributed by atoms with van der Waals surface area (Å²) in [6, 6.07) is 9.83. The average molecular weight is 274 g/mol. The maximum absolute atomic E-state index is 3.71. The minimum absolute atomic E-state index is 0.748. The van der Waals surface area contributed by atoms with E-state index in [2.05, 4.69) is 55.3 Å². The molecule has 0 amide bonds. The van der Waals surface area contributed by atoms with E-state index in [1.54, 1.807) is 0 Å². The molecule has 0 heterocycles. The number of aryl methyl sites for hydroxylation is 1. The second-order valence-electron chi connectivity index (χ2n) is 6.11. The van der Waals surface area contributed by atoms with Gasteiger partial charge in [-0.25, -0.2) is 0 Å². The highest BCUT2D eigenvalue weighted by Gasteiger charge is 2.29. The van der Waals surface area contributed by atoms with Gasteiger partial charge < -0.3 is 10.2 Å². The van der Waals surface area contributed by atoms with Gasteiger partial charge in [0.1, 0.15) is 0 Å². The van der Waals surface area contributed by atoms with Gasteiger partial charge >= 0.3 is 0 Å². The van der Waals surface area contributed by atoms with E-state index in [0.29, 0.717) is 0 Å². The summed E-state index contributed by atoms with van der Waals surface area (Å²) in [6.07, 6.45) is 3.90. The second kappa shape index (κ2) is 7.80. The Kier molecular flexibility index (Phi) is 6.06. The molecule has 1 N–H and O–H groups in total. The van der Waals surface area contributed by atoms with Crippen molar-refractivity contribution in [1.82, 2.24) is 10.2 Å². The standard InChI is InChI=1S/C18H30N2/c1-4-20(5-2)12-6-11-19-18-13-17(14-18)16-9-7-15(3)8-10-16/h7-10,17-19H,4-6,11-14H2,1-3H3. The van der Waals surface area contributed by atoms with Crippen LogP contribution >= 0.6 is 0 Å². The smallest absolute Gasteiger partial charge is 0.00787 e. The lowest BCUT2D eigenvalue weighted by molar-refractivity contribution is 0.268. The van der Waals surface area contributed by atoms with Gasteiger partial charge in [0.15, 0.2) is 0 Å². The third kappa shape index (κ3) is 4.32. The van der Waals surface area contributed by atoms with Crippen LogP contribution in [0.25, 0.3) is 0 Å². The fraction of sp³-hybridized carbons (Fsp3) is 0.667. The van der Waals surface area contributed by atoms with Gasteiger partial charge in [0.2, 0.25) is 0 Å². The molecule has 0 aromatic heterocycles. The predicted octanol–water partition coefficient (Wildman–Crippen LogP) is 3.56. The van der Waals surface area contributed by atoms with Crippen LogP contribution in [-0.4, -0.2) is 37.1 Å². The van der Waals surface area contributed by atoms with E-state index in [4.69, 9.17) is 0 Å². The molecule has 2 nitrogen and oxygen atoms in total. The third-order valence-electron chi connectivity index (χ3n) is 4.67. The number of rotatable bonds is 8. The Balaban J connectivity index is 1.59. The second-order valence-corrected chi connectivity index (χ2v) is 6.11. The number of benzene rings is 1. The van der Waals surface area contributed by atoms with E-state index >= 15 is 0 Å². The van der Waals surface area contributed by atoms with Crippen LogP contribution in [0, 0.1) is 6.92 Å². The molecule has 20 heavy (non-hydrogen) atoms. The number of nitrogens with one attached hydrogen (secondary N) is 1. The van der Waals surface area contributed by atoms with Crippen LogP contribution in [0.2, 0.25) is 0 Å². The van der Waals surface area contributed by atoms with Gasteiger partial charge in [-0.15, -0.1) is 0 Å². The molecule has 0 radical (unpaired) electrons. The zero-order valence-electron chi connectivity index (χ0n) is 13.4. The molecular weight excluding hydrogens is 244 g/mol. The number of nitrogens with zero attached hydrogens (tertiary/aromatic N) is 1. The van der Waals surface area contributed by atoms with E-state index in [1.807, 2.05) is 0 Å². The highest BCUT2D eigenvalue weighted by Crippen LogP contribution is 2.36. The molecule has 1 aliphatic rings. The molecule has 1 aromatic carbocycles. The number of hydrogen-bond acceptors (Lipinski definition) is 2. The van der Waals surface area contributed by atoms with Crippen LogP contribution in [0.5, 0.6) is 0 Å². The summed E-state index contributed by atoms with van der Waals surface area (Å²) in [5, 5.41) is 3.71. The maximum Gasteiger partial charge on any atom is 0.00787 e. The zero-order valence-corrected chi connectivity index (χ0v) is 13.4. The van der Waals surface area contributed by atoms with Crippen molar-refractivity contribution in [2.24, 2.45) is 0 Å². The van der Waals surface area contributed by atoms with Crippen molar-refractivity contribution in [3.8, 4) is 0 Å². The Morgan fingerprint density at radius 3 is 2.35 bits per heavy atom. The van der Waals surface area contributed by atoms with E-state index < -0.39 is 0 Å². The lowest BCUT2D eigenvalue weighted by Gasteiger charge is -2.36. The molecule has 1 saturated carbocycles. The van der Waals surface area contributed by atoms with Gasteiger partial charge in [0.25, 0.3) is 0 Å². The normalized spacial score (nSPS) is 22.0. The summed E-state index contributed by atoms with van der Waals surface area (Å²) >= 11 is 0. The molecule has 0 bridgehead atoms. The Bertz CT molecular complexity index is 375. The van der Waals surface area contributed by atoms with E-state index in [-0.39, 0.29) is 0 Å². The van der Waals surface area contributed by atoms with Crippen LogP contribution in [0.4, 0.5) is 0 Å². The van der Waals surface area contributed by atoms with Crippen molar-refractivity contribution in [2.75, 3.05) is 26.2 Å². The van der Waals surface area contributed by atoms with E-state index in [0.717, 1.165) is 12.0 Å². The third-order valence-corrected chi connectivity index (χ3v) is 4.67. The summed E-state index contributed by atoms with van der Waals surface area (Å²) in [4.78, 5) is 2.50. The maximum atomic E-state index is 3.71. The molecule has 1 fully saturated rings. The van der Waals surface area contributed by atoms with Gasteiger partial charge in [-0.3, -0.25) is 0 Å². The van der Waals surface area contributed by atoms with Gasteiger partial charge in [-0.2, -0.15) is 0 Å². The first-order chi connectivity index (χ1) is 9.72. The van der Waals surface area contributed by atoms with Crippen molar-refractivity contribution in [3.63, 3.8) is 0 Å². The molecule has 0 spiro atoms. The SMILES string of the molecule is CCN(CC)CCCNC1CC(c2ccc(C)cc2)C1. The minimum Gasteiger partial charge on any atom is -0.314 e. The number of hydrogen-bond donors (Lipinski definition) is 1. The van der Waals surface area contributed by atoms with E-state index in [1.165, 1.54) is 56.6 Å². The molecule has 0 atom stereocenters. The van der Waals surface area contributed by atoms with Crippen molar-refractivity contribution >= 4 is 0 Å². The topological polar surface area (TPSA) is 15.3 Å². The van der Waals surface area contributed by atoms with Crippen molar-refractivity contribution in [3.05, 3.63) is 35.4 Å². The van der Waals surface area contributed by atoms with Crippen LogP contribution in [0.1, 0.15) is 50.2 Å². The quantitative estimate of drug-likeness (QED) is 0.729. The van der Waals surface area contributed by atoms with E-state index in [9.17, 15) is 0 Å². The first-order valence-corrected chi connectivity index (χ1v) is 8.25. The lowest BCUT2D eigenvalue weighted by Crippen LogP contribution is -2.41. The van der Waals surface area contributed by atoms with Crippen LogP contribution in [0.15, 0.2) is 24.3 Å². The van der Waals surface area contributed by atoms with Gasteiger partial charge in [-0.1, -0.05) is 43.7 Å². The Labute approximate surface area is 124 Å². The average Bonchev–Trinajstić information content (AvgIpc) is 2.42. The molecule has 1 aliphatic carbocycles. The van der Waals surface area contributed by atoms with Gasteiger partial charge in [0, 0.05) is 6.04 Å². The molecule has 0 unspecified atom stereocenters. The molecule has 2 heteroatoms. The minimum atomic E-state index is 0.748. The highest BCUT2D eigenvalue weighted by atomic mass is 15.1. The summed E-state index contributed by atoms with van der Waals surface area (Å²) < 4.78 is 0. The summed E-state index contributed by atoms with van der Waals surface area (Å²) in [7, 11) is 0. The molecule has 0 saturated heterocycles. The molecule has 1 aromatic rings. The van der Waals surface area contributed by atoms with Crippen LogP contribution < -0.4 is 5.32 Å². The van der Waals surface area contributed by atoms with Gasteiger partial charge in [0.05, 0.1) is 0 Å². The molecule has 0 aliphatic heterocycles. The molecular formula is C18H30N2. The van der Waals surface area contributed by atoms with Crippen molar-refractivity contribution < 1.29 is 0 Å². The summed E-state index contributed by atoms with van der Waals surface area (Å²) in [5.41, 5.74) is 2.89. The summed E-state index contributed by atoms with van der Waals surface area (Å²) in [6.45, 7) is 11.4. The van der Waals surface area contributed by atoms with Crippen LogP contribution in [-0.2, 0) is 0 Å². The Hall–Kier alpha value is -0.860. The highest BCUT2D eigenvalue weighted by molar-refractivity contribution is 5.26. The molecule has 112 valence electrons. The largest absolute Gasteiger partial charge is 0.314 e. The first kappa shape index (κ1) is 15.5. The van der Waals surface area contributed by atoms with Gasteiger partial charge in [-0.05, 0) is 63.8 Å². The fourth-order valence-corrected chi connectivity index (χ4v) is 3.04. The molecule has 2 rings (SSSR count). The Morgan fingerprint density at radius 1 is 1.10 bits per heavy atom. The first-order valence-electron chi connectivity index (χ1n) is 8.25. The van der Waals surface area contributed by atoms with Crippen molar-refractivity contribution in [1.29, 1.82) is 0 Å². The lowest BCUT2D eigenvalue weighted by atomic mass is 9.76. The van der Waals surface area contributed by atoms with Crippen LogP contribution in [0.3, 0.4) is 0 Å². The Morgan fingerprint density at radius 2 is 1.75 bits per heavy atom. The van der Waals surface area contributed by atoms with Crippen molar-refractivity contribution in [2.45, 2.75) is 52.0 Å². The summed E-state index contributed by atoms with van der Waals surface area (Å²) in [5.74, 6) is 0.788. The fourth-order valence-electron chi connectivity index (χ4n) is 3.04.